The summed E-state index contributed by atoms with van der Waals surface area (Å²) in [5, 5.41) is 4.74. The van der Waals surface area contributed by atoms with E-state index in [9.17, 15) is 0 Å². The van der Waals surface area contributed by atoms with E-state index in [0.717, 1.165) is 13.1 Å². The summed E-state index contributed by atoms with van der Waals surface area (Å²) in [6.07, 6.45) is 0. The third-order valence-electron chi connectivity index (χ3n) is 2.83. The highest BCUT2D eigenvalue weighted by atomic mass is 14.9. The van der Waals surface area contributed by atoms with E-state index in [-0.39, 0.29) is 0 Å². The zero-order chi connectivity index (χ0) is 10.8. The first-order valence-corrected chi connectivity index (χ1v) is 5.51. The maximum absolute atomic E-state index is 3.42. The molecule has 2 heteroatoms. The van der Waals surface area contributed by atoms with Crippen molar-refractivity contribution in [2.75, 3.05) is 6.54 Å². The molecule has 1 heterocycles. The van der Waals surface area contributed by atoms with Crippen molar-refractivity contribution in [3.63, 3.8) is 0 Å². The molecule has 80 valence electrons. The van der Waals surface area contributed by atoms with Crippen LogP contribution in [0.5, 0.6) is 0 Å². The Hall–Kier alpha value is -1.28. The Bertz CT molecular complexity index is 469. The number of rotatable bonds is 3. The normalized spacial score (nSPS) is 11.1. The van der Waals surface area contributed by atoms with Gasteiger partial charge in [-0.3, -0.25) is 0 Å². The third-order valence-corrected chi connectivity index (χ3v) is 2.83. The molecule has 2 rings (SSSR count). The van der Waals surface area contributed by atoms with Gasteiger partial charge >= 0.3 is 0 Å². The topological polar surface area (TPSA) is 27.8 Å². The average Bonchev–Trinajstić information content (AvgIpc) is 2.51. The molecule has 0 unspecified atom stereocenters. The molecule has 2 nitrogen and oxygen atoms in total. The molecule has 0 bridgehead atoms. The SMILES string of the molecule is CCNCc1c(C)[nH]c2ccc(C)cc12. The number of hydrogen-bond donors (Lipinski definition) is 2. The molecular weight excluding hydrogens is 184 g/mol. The van der Waals surface area contributed by atoms with Gasteiger partial charge in [0.15, 0.2) is 0 Å². The van der Waals surface area contributed by atoms with Crippen molar-refractivity contribution in [1.29, 1.82) is 0 Å². The predicted octanol–water partition coefficient (Wildman–Crippen LogP) is 2.89. The van der Waals surface area contributed by atoms with Gasteiger partial charge in [0.2, 0.25) is 0 Å². The fourth-order valence-corrected chi connectivity index (χ4v) is 1.97. The van der Waals surface area contributed by atoms with Crippen molar-refractivity contribution in [3.05, 3.63) is 35.0 Å². The van der Waals surface area contributed by atoms with E-state index in [4.69, 9.17) is 0 Å². The number of aromatic nitrogens is 1. The van der Waals surface area contributed by atoms with Crippen LogP contribution in [0, 0.1) is 13.8 Å². The monoisotopic (exact) mass is 202 g/mol. The Labute approximate surface area is 90.7 Å². The Morgan fingerprint density at radius 2 is 2.07 bits per heavy atom. The Kier molecular flexibility index (Phi) is 2.78. The third kappa shape index (κ3) is 1.90. The molecule has 2 N–H and O–H groups in total. The van der Waals surface area contributed by atoms with Crippen LogP contribution in [-0.2, 0) is 6.54 Å². The fraction of sp³-hybridized carbons (Fsp3) is 0.385. The lowest BCUT2D eigenvalue weighted by Gasteiger charge is -2.02. The first-order chi connectivity index (χ1) is 7.22. The van der Waals surface area contributed by atoms with Crippen LogP contribution >= 0.6 is 0 Å². The summed E-state index contributed by atoms with van der Waals surface area (Å²) >= 11 is 0. The Morgan fingerprint density at radius 1 is 1.27 bits per heavy atom. The largest absolute Gasteiger partial charge is 0.358 e. The van der Waals surface area contributed by atoms with Crippen molar-refractivity contribution in [1.82, 2.24) is 10.3 Å². The minimum absolute atomic E-state index is 0.950. The molecule has 0 aliphatic heterocycles. The fourth-order valence-electron chi connectivity index (χ4n) is 1.97. The van der Waals surface area contributed by atoms with Gasteiger partial charge < -0.3 is 10.3 Å². The maximum Gasteiger partial charge on any atom is 0.0459 e. The summed E-state index contributed by atoms with van der Waals surface area (Å²) < 4.78 is 0. The molecule has 0 amide bonds. The zero-order valence-electron chi connectivity index (χ0n) is 9.65. The summed E-state index contributed by atoms with van der Waals surface area (Å²) in [6.45, 7) is 8.37. The van der Waals surface area contributed by atoms with Crippen LogP contribution in [-0.4, -0.2) is 11.5 Å². The van der Waals surface area contributed by atoms with Crippen molar-refractivity contribution in [2.24, 2.45) is 0 Å². The van der Waals surface area contributed by atoms with Crippen LogP contribution in [0.2, 0.25) is 0 Å². The number of benzene rings is 1. The van der Waals surface area contributed by atoms with E-state index < -0.39 is 0 Å². The van der Waals surface area contributed by atoms with Gasteiger partial charge in [0.25, 0.3) is 0 Å². The van der Waals surface area contributed by atoms with Crippen molar-refractivity contribution < 1.29 is 0 Å². The number of aromatic amines is 1. The minimum atomic E-state index is 0.950. The first-order valence-electron chi connectivity index (χ1n) is 5.51. The molecule has 0 fully saturated rings. The van der Waals surface area contributed by atoms with Crippen LogP contribution in [0.3, 0.4) is 0 Å². The van der Waals surface area contributed by atoms with E-state index in [1.807, 2.05) is 0 Å². The Balaban J connectivity index is 2.50. The number of H-pyrrole nitrogens is 1. The molecule has 1 aromatic carbocycles. The van der Waals surface area contributed by atoms with Gasteiger partial charge in [0.1, 0.15) is 0 Å². The molecule has 0 atom stereocenters. The highest BCUT2D eigenvalue weighted by Crippen LogP contribution is 2.22. The van der Waals surface area contributed by atoms with Crippen LogP contribution < -0.4 is 5.32 Å². The van der Waals surface area contributed by atoms with Crippen LogP contribution in [0.1, 0.15) is 23.7 Å². The molecular formula is C13H18N2. The standard InChI is InChI=1S/C13H18N2/c1-4-14-8-12-10(3)15-13-6-5-9(2)7-11(12)13/h5-7,14-15H,4,8H2,1-3H3. The maximum atomic E-state index is 3.42. The lowest BCUT2D eigenvalue weighted by Crippen LogP contribution is -2.12. The summed E-state index contributed by atoms with van der Waals surface area (Å²) in [7, 11) is 0. The minimum Gasteiger partial charge on any atom is -0.358 e. The zero-order valence-corrected chi connectivity index (χ0v) is 9.65. The summed E-state index contributed by atoms with van der Waals surface area (Å²) in [5.74, 6) is 0. The molecule has 1 aromatic heterocycles. The van der Waals surface area contributed by atoms with Gasteiger partial charge in [0, 0.05) is 23.1 Å². The van der Waals surface area contributed by atoms with Crippen molar-refractivity contribution in [2.45, 2.75) is 27.3 Å². The lowest BCUT2D eigenvalue weighted by atomic mass is 10.1. The van der Waals surface area contributed by atoms with Gasteiger partial charge in [-0.05, 0) is 38.1 Å². The summed E-state index contributed by atoms with van der Waals surface area (Å²) in [5.41, 5.74) is 5.23. The van der Waals surface area contributed by atoms with Gasteiger partial charge in [-0.2, -0.15) is 0 Å². The van der Waals surface area contributed by atoms with Crippen LogP contribution in [0.4, 0.5) is 0 Å². The number of hydrogen-bond acceptors (Lipinski definition) is 1. The Morgan fingerprint density at radius 3 is 2.80 bits per heavy atom. The van der Waals surface area contributed by atoms with E-state index in [1.54, 1.807) is 0 Å². The van der Waals surface area contributed by atoms with Gasteiger partial charge in [0.05, 0.1) is 0 Å². The van der Waals surface area contributed by atoms with E-state index in [0.29, 0.717) is 0 Å². The van der Waals surface area contributed by atoms with Crippen LogP contribution in [0.25, 0.3) is 10.9 Å². The first kappa shape index (κ1) is 10.2. The summed E-state index contributed by atoms with van der Waals surface area (Å²) in [4.78, 5) is 3.42. The number of nitrogens with one attached hydrogen (secondary N) is 2. The molecule has 0 aliphatic rings. The van der Waals surface area contributed by atoms with E-state index in [2.05, 4.69) is 49.3 Å². The highest BCUT2D eigenvalue weighted by Gasteiger charge is 2.07. The quantitative estimate of drug-likeness (QED) is 0.787. The average molecular weight is 202 g/mol. The molecule has 0 saturated heterocycles. The molecule has 0 spiro atoms. The van der Waals surface area contributed by atoms with Gasteiger partial charge in [-0.25, -0.2) is 0 Å². The molecule has 0 radical (unpaired) electrons. The molecule has 0 saturated carbocycles. The second kappa shape index (κ2) is 4.07. The second-order valence-corrected chi connectivity index (χ2v) is 4.06. The highest BCUT2D eigenvalue weighted by molar-refractivity contribution is 5.85. The summed E-state index contributed by atoms with van der Waals surface area (Å²) in [6, 6.07) is 6.56. The second-order valence-electron chi connectivity index (χ2n) is 4.06. The van der Waals surface area contributed by atoms with Crippen LogP contribution in [0.15, 0.2) is 18.2 Å². The van der Waals surface area contributed by atoms with Gasteiger partial charge in [-0.15, -0.1) is 0 Å². The lowest BCUT2D eigenvalue weighted by molar-refractivity contribution is 0.727. The van der Waals surface area contributed by atoms with Crippen molar-refractivity contribution >= 4 is 10.9 Å². The predicted molar refractivity (Wildman–Crippen MR) is 65.2 cm³/mol. The molecule has 2 aromatic rings. The van der Waals surface area contributed by atoms with Crippen molar-refractivity contribution in [3.8, 4) is 0 Å². The van der Waals surface area contributed by atoms with Gasteiger partial charge in [-0.1, -0.05) is 18.6 Å². The number of aryl methyl sites for hydroxylation is 2. The smallest absolute Gasteiger partial charge is 0.0459 e. The van der Waals surface area contributed by atoms with E-state index in [1.165, 1.54) is 27.7 Å². The molecule has 15 heavy (non-hydrogen) atoms. The number of fused-ring (bicyclic) bond motifs is 1. The van der Waals surface area contributed by atoms with E-state index >= 15 is 0 Å². The molecule has 0 aliphatic carbocycles.